The number of benzene rings is 1. The molecule has 0 unspecified atom stereocenters. The highest BCUT2D eigenvalue weighted by Gasteiger charge is 2.00. The van der Waals surface area contributed by atoms with Gasteiger partial charge in [-0.05, 0) is 23.3 Å². The third-order valence-electron chi connectivity index (χ3n) is 2.73. The zero-order valence-corrected chi connectivity index (χ0v) is 10.3. The Morgan fingerprint density at radius 1 is 1.00 bits per heavy atom. The molecule has 0 amide bonds. The minimum Gasteiger partial charge on any atom is -0.294 e. The van der Waals surface area contributed by atoms with Crippen LogP contribution in [-0.2, 0) is 0 Å². The molecule has 2 nitrogen and oxygen atoms in total. The van der Waals surface area contributed by atoms with Crippen LogP contribution >= 0.6 is 0 Å². The molecule has 0 atom stereocenters. The number of rotatable bonds is 4. The van der Waals surface area contributed by atoms with Gasteiger partial charge in [0.05, 0.1) is 0 Å². The van der Waals surface area contributed by atoms with Crippen molar-refractivity contribution in [3.8, 4) is 0 Å². The molecule has 1 aromatic heterocycles. The maximum Gasteiger partial charge on any atom is 0.162 e. The van der Waals surface area contributed by atoms with Gasteiger partial charge in [-0.25, -0.2) is 0 Å². The van der Waals surface area contributed by atoms with E-state index in [0.29, 0.717) is 6.42 Å². The molecule has 0 fully saturated rings. The van der Waals surface area contributed by atoms with Crippen molar-refractivity contribution >= 4 is 17.9 Å². The fraction of sp³-hybridized carbons (Fsp3) is 0.125. The molecule has 0 spiro atoms. The van der Waals surface area contributed by atoms with Crippen LogP contribution in [0.4, 0.5) is 0 Å². The van der Waals surface area contributed by atoms with E-state index in [0.717, 1.165) is 16.7 Å². The fourth-order valence-corrected chi connectivity index (χ4v) is 1.65. The summed E-state index contributed by atoms with van der Waals surface area (Å²) in [6.45, 7) is 1.87. The first-order valence-corrected chi connectivity index (χ1v) is 6.01. The first-order valence-electron chi connectivity index (χ1n) is 6.01. The molecule has 0 aliphatic heterocycles. The van der Waals surface area contributed by atoms with E-state index in [1.807, 2.05) is 55.5 Å². The van der Waals surface area contributed by atoms with E-state index < -0.39 is 0 Å². The molecule has 0 aliphatic carbocycles. The average Bonchev–Trinajstić information content (AvgIpc) is 2.46. The Balaban J connectivity index is 2.11. The zero-order valence-electron chi connectivity index (χ0n) is 10.3. The van der Waals surface area contributed by atoms with Crippen molar-refractivity contribution in [3.05, 3.63) is 65.5 Å². The average molecular weight is 237 g/mol. The highest BCUT2D eigenvalue weighted by Crippen LogP contribution is 2.10. The van der Waals surface area contributed by atoms with E-state index in [9.17, 15) is 4.79 Å². The molecule has 2 rings (SSSR count). The maximum atomic E-state index is 11.5. The third-order valence-corrected chi connectivity index (χ3v) is 2.73. The topological polar surface area (TPSA) is 30.0 Å². The van der Waals surface area contributed by atoms with Gasteiger partial charge in [-0.3, -0.25) is 9.78 Å². The molecule has 0 bridgehead atoms. The summed E-state index contributed by atoms with van der Waals surface area (Å²) in [5.74, 6) is 0.180. The quantitative estimate of drug-likeness (QED) is 0.756. The first-order chi connectivity index (χ1) is 8.79. The van der Waals surface area contributed by atoms with Gasteiger partial charge in [0, 0.05) is 24.4 Å². The molecular weight excluding hydrogens is 222 g/mol. The normalized spacial score (nSPS) is 10.7. The molecule has 0 saturated carbocycles. The molecule has 2 heteroatoms. The van der Waals surface area contributed by atoms with E-state index in [2.05, 4.69) is 4.98 Å². The lowest BCUT2D eigenvalue weighted by Gasteiger charge is -1.98. The van der Waals surface area contributed by atoms with Crippen LogP contribution in [0.15, 0.2) is 48.8 Å². The molecule has 90 valence electrons. The number of hydrogen-bond donors (Lipinski definition) is 0. The van der Waals surface area contributed by atoms with Crippen LogP contribution < -0.4 is 0 Å². The summed E-state index contributed by atoms with van der Waals surface area (Å²) in [6.07, 6.45) is 8.13. The van der Waals surface area contributed by atoms with Crippen molar-refractivity contribution in [1.82, 2.24) is 4.98 Å². The monoisotopic (exact) mass is 237 g/mol. The lowest BCUT2D eigenvalue weighted by atomic mass is 10.1. The van der Waals surface area contributed by atoms with E-state index in [1.54, 1.807) is 12.4 Å². The Bertz CT molecular complexity index is 541. The van der Waals surface area contributed by atoms with E-state index in [-0.39, 0.29) is 5.78 Å². The van der Waals surface area contributed by atoms with Crippen molar-refractivity contribution in [1.29, 1.82) is 0 Å². The fourth-order valence-electron chi connectivity index (χ4n) is 1.65. The number of ketones is 1. The Morgan fingerprint density at radius 2 is 1.56 bits per heavy atom. The van der Waals surface area contributed by atoms with Gasteiger partial charge in [-0.2, -0.15) is 0 Å². The number of aromatic nitrogens is 1. The minimum absolute atomic E-state index is 0.180. The van der Waals surface area contributed by atoms with Crippen LogP contribution in [0.5, 0.6) is 0 Å². The Kier molecular flexibility index (Phi) is 4.02. The van der Waals surface area contributed by atoms with Crippen LogP contribution in [0, 0.1) is 0 Å². The number of carbonyl (C=O) groups is 1. The van der Waals surface area contributed by atoms with E-state index >= 15 is 0 Å². The van der Waals surface area contributed by atoms with Crippen molar-refractivity contribution in [3.63, 3.8) is 0 Å². The van der Waals surface area contributed by atoms with Crippen LogP contribution in [0.1, 0.15) is 34.8 Å². The highest BCUT2D eigenvalue weighted by molar-refractivity contribution is 5.96. The summed E-state index contributed by atoms with van der Waals surface area (Å²) in [7, 11) is 0. The van der Waals surface area contributed by atoms with Gasteiger partial charge in [-0.15, -0.1) is 0 Å². The number of carbonyl (C=O) groups excluding carboxylic acids is 1. The predicted molar refractivity (Wildman–Crippen MR) is 74.2 cm³/mol. The predicted octanol–water partition coefficient (Wildman–Crippen LogP) is 3.84. The third kappa shape index (κ3) is 3.14. The number of Topliss-reactive ketones (excluding diaryl/α,β-unsaturated/α-hetero) is 1. The largest absolute Gasteiger partial charge is 0.294 e. The second-order valence-electron chi connectivity index (χ2n) is 4.01. The lowest BCUT2D eigenvalue weighted by Crippen LogP contribution is -1.95. The molecule has 0 saturated heterocycles. The van der Waals surface area contributed by atoms with Crippen molar-refractivity contribution in [2.24, 2.45) is 0 Å². The van der Waals surface area contributed by atoms with Gasteiger partial charge >= 0.3 is 0 Å². The van der Waals surface area contributed by atoms with Gasteiger partial charge in [0.25, 0.3) is 0 Å². The van der Waals surface area contributed by atoms with Gasteiger partial charge in [-0.1, -0.05) is 43.3 Å². The van der Waals surface area contributed by atoms with Gasteiger partial charge in [0.1, 0.15) is 0 Å². The van der Waals surface area contributed by atoms with Crippen molar-refractivity contribution in [2.45, 2.75) is 13.3 Å². The number of pyridine rings is 1. The number of nitrogens with zero attached hydrogens (tertiary/aromatic N) is 1. The molecule has 0 N–H and O–H groups in total. The molecule has 1 aromatic carbocycles. The number of hydrogen-bond acceptors (Lipinski definition) is 2. The van der Waals surface area contributed by atoms with Crippen LogP contribution in [0.3, 0.4) is 0 Å². The summed E-state index contributed by atoms with van der Waals surface area (Å²) in [4.78, 5) is 15.4. The lowest BCUT2D eigenvalue weighted by molar-refractivity contribution is 0.0988. The summed E-state index contributed by atoms with van der Waals surface area (Å²) < 4.78 is 0. The molecule has 18 heavy (non-hydrogen) atoms. The van der Waals surface area contributed by atoms with Crippen molar-refractivity contribution in [2.75, 3.05) is 0 Å². The molecule has 1 heterocycles. The summed E-state index contributed by atoms with van der Waals surface area (Å²) in [5.41, 5.74) is 2.97. The van der Waals surface area contributed by atoms with Crippen molar-refractivity contribution < 1.29 is 4.79 Å². The van der Waals surface area contributed by atoms with Gasteiger partial charge < -0.3 is 0 Å². The summed E-state index contributed by atoms with van der Waals surface area (Å²) >= 11 is 0. The second-order valence-corrected chi connectivity index (χ2v) is 4.01. The molecule has 0 radical (unpaired) electrons. The summed E-state index contributed by atoms with van der Waals surface area (Å²) in [5, 5.41) is 0. The molecule has 2 aromatic rings. The maximum absolute atomic E-state index is 11.5. The Hall–Kier alpha value is -2.22. The highest BCUT2D eigenvalue weighted by atomic mass is 16.1. The van der Waals surface area contributed by atoms with Gasteiger partial charge in [0.2, 0.25) is 0 Å². The van der Waals surface area contributed by atoms with Crippen LogP contribution in [-0.4, -0.2) is 10.8 Å². The molecule has 0 aliphatic rings. The SMILES string of the molecule is CCC(=O)c1ccc(/C=C/c2ccncc2)cc1. The Morgan fingerprint density at radius 3 is 2.11 bits per heavy atom. The van der Waals surface area contributed by atoms with Crippen LogP contribution in [0.25, 0.3) is 12.2 Å². The summed E-state index contributed by atoms with van der Waals surface area (Å²) in [6, 6.07) is 11.6. The van der Waals surface area contributed by atoms with Crippen LogP contribution in [0.2, 0.25) is 0 Å². The first kappa shape index (κ1) is 12.2. The molecular formula is C16H15NO. The minimum atomic E-state index is 0.180. The van der Waals surface area contributed by atoms with E-state index in [1.165, 1.54) is 0 Å². The van der Waals surface area contributed by atoms with Gasteiger partial charge in [0.15, 0.2) is 5.78 Å². The second kappa shape index (κ2) is 5.92. The zero-order chi connectivity index (χ0) is 12.8. The van der Waals surface area contributed by atoms with E-state index in [4.69, 9.17) is 0 Å². The Labute approximate surface area is 107 Å². The smallest absolute Gasteiger partial charge is 0.162 e. The standard InChI is InChI=1S/C16H15NO/c1-2-16(18)15-7-5-13(6-8-15)3-4-14-9-11-17-12-10-14/h3-12H,2H2,1H3/b4-3+.